The molecule has 2 saturated carbocycles. The Hall–Kier alpha value is -0.820. The van der Waals surface area contributed by atoms with Gasteiger partial charge < -0.3 is 5.32 Å². The van der Waals surface area contributed by atoms with E-state index in [1.165, 1.54) is 37.7 Å². The molecular formula is C15H21N. The molecule has 16 heavy (non-hydrogen) atoms. The van der Waals surface area contributed by atoms with Crippen LogP contribution in [0.1, 0.15) is 31.2 Å². The van der Waals surface area contributed by atoms with Crippen molar-refractivity contribution in [2.75, 3.05) is 6.54 Å². The lowest BCUT2D eigenvalue weighted by atomic mass is 9.95. The van der Waals surface area contributed by atoms with Crippen LogP contribution < -0.4 is 5.32 Å². The second kappa shape index (κ2) is 4.58. The average Bonchev–Trinajstić information content (AvgIpc) is 2.92. The maximum absolute atomic E-state index is 3.76. The minimum absolute atomic E-state index is 0.836. The molecule has 3 atom stereocenters. The SMILES string of the molecule is c1ccc(CCN[C@H]2C[C@H]3CC[C@H]2C3)cc1. The van der Waals surface area contributed by atoms with Crippen molar-refractivity contribution in [1.29, 1.82) is 0 Å². The molecule has 1 aromatic carbocycles. The van der Waals surface area contributed by atoms with Gasteiger partial charge in [0.15, 0.2) is 0 Å². The van der Waals surface area contributed by atoms with Crippen LogP contribution in [0.2, 0.25) is 0 Å². The fourth-order valence-corrected chi connectivity index (χ4v) is 3.54. The number of hydrogen-bond donors (Lipinski definition) is 1. The first-order valence-electron chi connectivity index (χ1n) is 6.69. The predicted octanol–water partition coefficient (Wildman–Crippen LogP) is 3.01. The third-order valence-electron chi connectivity index (χ3n) is 4.40. The Kier molecular flexibility index (Phi) is 2.96. The maximum atomic E-state index is 3.76. The Balaban J connectivity index is 1.44. The lowest BCUT2D eigenvalue weighted by Crippen LogP contribution is -2.35. The summed E-state index contributed by atoms with van der Waals surface area (Å²) in [6, 6.07) is 11.6. The van der Waals surface area contributed by atoms with Gasteiger partial charge in [0.2, 0.25) is 0 Å². The predicted molar refractivity (Wildman–Crippen MR) is 67.4 cm³/mol. The monoisotopic (exact) mass is 215 g/mol. The van der Waals surface area contributed by atoms with Crippen molar-refractivity contribution in [1.82, 2.24) is 5.32 Å². The zero-order valence-electron chi connectivity index (χ0n) is 9.86. The highest BCUT2D eigenvalue weighted by atomic mass is 14.9. The molecule has 2 bridgehead atoms. The molecule has 2 fully saturated rings. The number of rotatable bonds is 4. The topological polar surface area (TPSA) is 12.0 Å². The second-order valence-corrected chi connectivity index (χ2v) is 5.47. The van der Waals surface area contributed by atoms with E-state index in [0.717, 1.165) is 24.4 Å². The third-order valence-corrected chi connectivity index (χ3v) is 4.40. The Bertz CT molecular complexity index is 333. The van der Waals surface area contributed by atoms with Gasteiger partial charge in [-0.2, -0.15) is 0 Å². The molecule has 0 saturated heterocycles. The van der Waals surface area contributed by atoms with Crippen LogP contribution in [-0.4, -0.2) is 12.6 Å². The van der Waals surface area contributed by atoms with Crippen LogP contribution >= 0.6 is 0 Å². The van der Waals surface area contributed by atoms with E-state index in [9.17, 15) is 0 Å². The van der Waals surface area contributed by atoms with Gasteiger partial charge in [0.25, 0.3) is 0 Å². The highest BCUT2D eigenvalue weighted by Gasteiger charge is 2.38. The van der Waals surface area contributed by atoms with Crippen LogP contribution in [0.4, 0.5) is 0 Å². The Labute approximate surface area is 98.3 Å². The van der Waals surface area contributed by atoms with Gasteiger partial charge in [-0.3, -0.25) is 0 Å². The van der Waals surface area contributed by atoms with E-state index >= 15 is 0 Å². The zero-order valence-corrected chi connectivity index (χ0v) is 9.86. The summed E-state index contributed by atoms with van der Waals surface area (Å²) in [7, 11) is 0. The normalized spacial score (nSPS) is 32.1. The molecule has 1 heteroatoms. The third kappa shape index (κ3) is 2.15. The van der Waals surface area contributed by atoms with Gasteiger partial charge in [-0.25, -0.2) is 0 Å². The van der Waals surface area contributed by atoms with Crippen molar-refractivity contribution in [2.24, 2.45) is 11.8 Å². The Morgan fingerprint density at radius 1 is 1.06 bits per heavy atom. The molecule has 86 valence electrons. The summed E-state index contributed by atoms with van der Waals surface area (Å²) in [6.07, 6.45) is 7.10. The lowest BCUT2D eigenvalue weighted by Gasteiger charge is -2.22. The smallest absolute Gasteiger partial charge is 0.00981 e. The van der Waals surface area contributed by atoms with E-state index in [1.54, 1.807) is 0 Å². The van der Waals surface area contributed by atoms with E-state index in [-0.39, 0.29) is 0 Å². The van der Waals surface area contributed by atoms with Crippen molar-refractivity contribution in [2.45, 2.75) is 38.1 Å². The molecule has 0 aliphatic heterocycles. The molecular weight excluding hydrogens is 194 g/mol. The van der Waals surface area contributed by atoms with Crippen LogP contribution in [0.15, 0.2) is 30.3 Å². The molecule has 0 spiro atoms. The zero-order chi connectivity index (χ0) is 10.8. The summed E-state index contributed by atoms with van der Waals surface area (Å²) in [5.41, 5.74) is 1.46. The molecule has 2 aliphatic rings. The van der Waals surface area contributed by atoms with E-state index in [2.05, 4.69) is 35.6 Å². The molecule has 0 heterocycles. The van der Waals surface area contributed by atoms with Crippen molar-refractivity contribution < 1.29 is 0 Å². The number of nitrogens with one attached hydrogen (secondary N) is 1. The Morgan fingerprint density at radius 2 is 1.94 bits per heavy atom. The highest BCUT2D eigenvalue weighted by molar-refractivity contribution is 5.14. The number of benzene rings is 1. The molecule has 1 N–H and O–H groups in total. The summed E-state index contributed by atoms with van der Waals surface area (Å²) >= 11 is 0. The maximum Gasteiger partial charge on any atom is 0.00981 e. The molecule has 0 aromatic heterocycles. The largest absolute Gasteiger partial charge is 0.313 e. The van der Waals surface area contributed by atoms with E-state index in [1.807, 2.05) is 0 Å². The van der Waals surface area contributed by atoms with Crippen LogP contribution in [-0.2, 0) is 6.42 Å². The fourth-order valence-electron chi connectivity index (χ4n) is 3.54. The molecule has 1 nitrogen and oxygen atoms in total. The standard InChI is InChI=1S/C15H21N/c1-2-4-12(5-3-1)8-9-16-15-11-13-6-7-14(15)10-13/h1-5,13-16H,6-11H2/t13-,14-,15-/m0/s1. The van der Waals surface area contributed by atoms with Gasteiger partial charge in [-0.1, -0.05) is 36.8 Å². The fraction of sp³-hybridized carbons (Fsp3) is 0.600. The van der Waals surface area contributed by atoms with Gasteiger partial charge in [-0.15, -0.1) is 0 Å². The van der Waals surface area contributed by atoms with Crippen LogP contribution in [0, 0.1) is 11.8 Å². The van der Waals surface area contributed by atoms with E-state index in [4.69, 9.17) is 0 Å². The molecule has 0 radical (unpaired) electrons. The lowest BCUT2D eigenvalue weighted by molar-refractivity contribution is 0.354. The summed E-state index contributed by atoms with van der Waals surface area (Å²) in [5.74, 6) is 2.06. The van der Waals surface area contributed by atoms with Crippen molar-refractivity contribution in [3.63, 3.8) is 0 Å². The summed E-state index contributed by atoms with van der Waals surface area (Å²) in [4.78, 5) is 0. The number of fused-ring (bicyclic) bond motifs is 2. The van der Waals surface area contributed by atoms with Crippen molar-refractivity contribution >= 4 is 0 Å². The Morgan fingerprint density at radius 3 is 2.62 bits per heavy atom. The molecule has 0 unspecified atom stereocenters. The van der Waals surface area contributed by atoms with Gasteiger partial charge >= 0.3 is 0 Å². The molecule has 3 rings (SSSR count). The summed E-state index contributed by atoms with van der Waals surface area (Å²) < 4.78 is 0. The first-order chi connectivity index (χ1) is 7.92. The van der Waals surface area contributed by atoms with Crippen LogP contribution in [0.3, 0.4) is 0 Å². The average molecular weight is 215 g/mol. The van der Waals surface area contributed by atoms with Gasteiger partial charge in [0.1, 0.15) is 0 Å². The molecule has 0 amide bonds. The van der Waals surface area contributed by atoms with Crippen LogP contribution in [0.25, 0.3) is 0 Å². The van der Waals surface area contributed by atoms with Crippen molar-refractivity contribution in [3.8, 4) is 0 Å². The molecule has 2 aliphatic carbocycles. The van der Waals surface area contributed by atoms with Crippen molar-refractivity contribution in [3.05, 3.63) is 35.9 Å². The van der Waals surface area contributed by atoms with E-state index in [0.29, 0.717) is 0 Å². The molecule has 1 aromatic rings. The minimum Gasteiger partial charge on any atom is -0.313 e. The highest BCUT2D eigenvalue weighted by Crippen LogP contribution is 2.44. The van der Waals surface area contributed by atoms with E-state index < -0.39 is 0 Å². The summed E-state index contributed by atoms with van der Waals surface area (Å²) in [5, 5.41) is 3.76. The minimum atomic E-state index is 0.836. The summed E-state index contributed by atoms with van der Waals surface area (Å²) in [6.45, 7) is 1.15. The first kappa shape index (κ1) is 10.3. The van der Waals surface area contributed by atoms with Gasteiger partial charge in [-0.05, 0) is 49.6 Å². The van der Waals surface area contributed by atoms with Crippen LogP contribution in [0.5, 0.6) is 0 Å². The quantitative estimate of drug-likeness (QED) is 0.814. The first-order valence-corrected chi connectivity index (χ1v) is 6.69. The second-order valence-electron chi connectivity index (χ2n) is 5.47. The number of hydrogen-bond acceptors (Lipinski definition) is 1. The van der Waals surface area contributed by atoms with Gasteiger partial charge in [0.05, 0.1) is 0 Å². The van der Waals surface area contributed by atoms with Gasteiger partial charge in [0, 0.05) is 6.04 Å².